The third-order valence-corrected chi connectivity index (χ3v) is 3.95. The Balaban J connectivity index is 1.64. The van der Waals surface area contributed by atoms with E-state index in [1.807, 2.05) is 42.5 Å². The molecule has 0 heterocycles. The zero-order chi connectivity index (χ0) is 17.6. The Labute approximate surface area is 146 Å². The third-order valence-electron chi connectivity index (χ3n) is 3.95. The maximum absolute atomic E-state index is 12.3. The Hall–Kier alpha value is -3.40. The summed E-state index contributed by atoms with van der Waals surface area (Å²) in [5, 5.41) is 10.3. The number of amidine groups is 1. The number of nitrogen functional groups attached to an aromatic ring is 1. The summed E-state index contributed by atoms with van der Waals surface area (Å²) >= 11 is 0. The summed E-state index contributed by atoms with van der Waals surface area (Å²) in [5.41, 5.74) is 9.83. The molecule has 0 atom stereocenters. The molecule has 0 aliphatic carbocycles. The average Bonchev–Trinajstić information content (AvgIpc) is 2.67. The number of nitrogens with one attached hydrogen (secondary N) is 2. The lowest BCUT2D eigenvalue weighted by Gasteiger charge is -2.08. The van der Waals surface area contributed by atoms with E-state index in [0.29, 0.717) is 17.7 Å². The van der Waals surface area contributed by atoms with Gasteiger partial charge in [-0.05, 0) is 28.8 Å². The van der Waals surface area contributed by atoms with Crippen LogP contribution in [0, 0.1) is 5.41 Å². The molecule has 0 aliphatic heterocycles. The van der Waals surface area contributed by atoms with Gasteiger partial charge in [0.25, 0.3) is 5.91 Å². The summed E-state index contributed by atoms with van der Waals surface area (Å²) in [4.78, 5) is 12.3. The van der Waals surface area contributed by atoms with E-state index in [1.54, 1.807) is 24.3 Å². The highest BCUT2D eigenvalue weighted by Gasteiger charge is 2.07. The van der Waals surface area contributed by atoms with E-state index in [1.165, 1.54) is 5.56 Å². The highest BCUT2D eigenvalue weighted by molar-refractivity contribution is 6.00. The number of nitrogens with two attached hydrogens (primary N) is 1. The van der Waals surface area contributed by atoms with E-state index in [-0.39, 0.29) is 11.7 Å². The molecule has 0 bridgehead atoms. The van der Waals surface area contributed by atoms with Gasteiger partial charge in [0.1, 0.15) is 5.84 Å². The lowest BCUT2D eigenvalue weighted by molar-refractivity contribution is 0.0951. The number of carbonyl (C=O) groups excluding carboxylic acids is 1. The fraction of sp³-hybridized carbons (Fsp3) is 0.0476. The zero-order valence-corrected chi connectivity index (χ0v) is 13.7. The number of amides is 1. The van der Waals surface area contributed by atoms with Crippen LogP contribution in [0.2, 0.25) is 0 Å². The van der Waals surface area contributed by atoms with Crippen molar-refractivity contribution in [3.63, 3.8) is 0 Å². The average molecular weight is 329 g/mol. The Bertz CT molecular complexity index is 887. The summed E-state index contributed by atoms with van der Waals surface area (Å²) in [6.07, 6.45) is 0. The molecule has 3 aromatic carbocycles. The maximum atomic E-state index is 12.3. The Morgan fingerprint density at radius 2 is 1.48 bits per heavy atom. The van der Waals surface area contributed by atoms with Gasteiger partial charge in [0, 0.05) is 17.7 Å². The molecular weight excluding hydrogens is 310 g/mol. The van der Waals surface area contributed by atoms with Crippen LogP contribution in [0.1, 0.15) is 21.5 Å². The van der Waals surface area contributed by atoms with Gasteiger partial charge in [0.15, 0.2) is 0 Å². The second-order valence-corrected chi connectivity index (χ2v) is 5.74. The quantitative estimate of drug-likeness (QED) is 0.494. The Morgan fingerprint density at radius 1 is 0.840 bits per heavy atom. The van der Waals surface area contributed by atoms with Crippen LogP contribution in [-0.2, 0) is 6.54 Å². The summed E-state index contributed by atoms with van der Waals surface area (Å²) < 4.78 is 0. The van der Waals surface area contributed by atoms with Crippen LogP contribution in [0.3, 0.4) is 0 Å². The number of carbonyl (C=O) groups is 1. The third kappa shape index (κ3) is 4.12. The molecule has 0 unspecified atom stereocenters. The van der Waals surface area contributed by atoms with E-state index < -0.39 is 0 Å². The van der Waals surface area contributed by atoms with Gasteiger partial charge in [0.2, 0.25) is 0 Å². The molecule has 3 rings (SSSR count). The lowest BCUT2D eigenvalue weighted by atomic mass is 10.0. The first kappa shape index (κ1) is 16.5. The molecule has 0 aliphatic rings. The molecule has 0 saturated carbocycles. The van der Waals surface area contributed by atoms with Crippen molar-refractivity contribution in [3.05, 3.63) is 95.6 Å². The number of rotatable bonds is 5. The summed E-state index contributed by atoms with van der Waals surface area (Å²) in [6.45, 7) is 0.443. The summed E-state index contributed by atoms with van der Waals surface area (Å²) in [5.74, 6) is -0.235. The first-order valence-electron chi connectivity index (χ1n) is 8.00. The van der Waals surface area contributed by atoms with Crippen molar-refractivity contribution < 1.29 is 4.79 Å². The van der Waals surface area contributed by atoms with E-state index in [0.717, 1.165) is 11.1 Å². The molecule has 25 heavy (non-hydrogen) atoms. The normalized spacial score (nSPS) is 10.2. The fourth-order valence-corrected chi connectivity index (χ4v) is 2.56. The monoisotopic (exact) mass is 329 g/mol. The van der Waals surface area contributed by atoms with Crippen molar-refractivity contribution in [3.8, 4) is 11.1 Å². The molecule has 0 spiro atoms. The van der Waals surface area contributed by atoms with Crippen molar-refractivity contribution in [1.29, 1.82) is 5.41 Å². The SMILES string of the molecule is N=C(N)c1cccc(C(=O)NCc2ccc(-c3ccccc3)cc2)c1. The van der Waals surface area contributed by atoms with Crippen LogP contribution in [0.15, 0.2) is 78.9 Å². The van der Waals surface area contributed by atoms with Gasteiger partial charge in [-0.2, -0.15) is 0 Å². The summed E-state index contributed by atoms with van der Waals surface area (Å²) in [6, 6.07) is 25.0. The van der Waals surface area contributed by atoms with E-state index in [2.05, 4.69) is 17.4 Å². The molecule has 1 amide bonds. The molecule has 3 aromatic rings. The minimum absolute atomic E-state index is 0.0499. The topological polar surface area (TPSA) is 79.0 Å². The fourth-order valence-electron chi connectivity index (χ4n) is 2.56. The van der Waals surface area contributed by atoms with Crippen LogP contribution in [-0.4, -0.2) is 11.7 Å². The minimum Gasteiger partial charge on any atom is -0.384 e. The predicted octanol–water partition coefficient (Wildman–Crippen LogP) is 3.57. The van der Waals surface area contributed by atoms with Crippen LogP contribution in [0.25, 0.3) is 11.1 Å². The Morgan fingerprint density at radius 3 is 2.16 bits per heavy atom. The zero-order valence-electron chi connectivity index (χ0n) is 13.7. The molecule has 0 radical (unpaired) electrons. The molecular formula is C21H19N3O. The van der Waals surface area contributed by atoms with Gasteiger partial charge in [-0.1, -0.05) is 66.7 Å². The Kier molecular flexibility index (Phi) is 4.90. The highest BCUT2D eigenvalue weighted by Crippen LogP contribution is 2.19. The predicted molar refractivity (Wildman–Crippen MR) is 101 cm³/mol. The van der Waals surface area contributed by atoms with Crippen LogP contribution in [0.4, 0.5) is 0 Å². The second-order valence-electron chi connectivity index (χ2n) is 5.74. The first-order chi connectivity index (χ1) is 12.1. The first-order valence-corrected chi connectivity index (χ1v) is 8.00. The molecule has 4 heteroatoms. The highest BCUT2D eigenvalue weighted by atomic mass is 16.1. The van der Waals surface area contributed by atoms with Crippen LogP contribution >= 0.6 is 0 Å². The largest absolute Gasteiger partial charge is 0.384 e. The minimum atomic E-state index is -0.185. The van der Waals surface area contributed by atoms with E-state index in [4.69, 9.17) is 11.1 Å². The molecule has 4 N–H and O–H groups in total. The molecule has 0 fully saturated rings. The van der Waals surface area contributed by atoms with Crippen LogP contribution < -0.4 is 11.1 Å². The van der Waals surface area contributed by atoms with Gasteiger partial charge in [0.05, 0.1) is 0 Å². The van der Waals surface area contributed by atoms with Crippen LogP contribution in [0.5, 0.6) is 0 Å². The molecule has 124 valence electrons. The van der Waals surface area contributed by atoms with E-state index in [9.17, 15) is 4.79 Å². The van der Waals surface area contributed by atoms with Gasteiger partial charge >= 0.3 is 0 Å². The van der Waals surface area contributed by atoms with Crippen molar-refractivity contribution in [2.75, 3.05) is 0 Å². The standard InChI is InChI=1S/C21H19N3O/c22-20(23)18-7-4-8-19(13-18)21(25)24-14-15-9-11-17(12-10-15)16-5-2-1-3-6-16/h1-13H,14H2,(H3,22,23)(H,24,25). The van der Waals surface area contributed by atoms with Gasteiger partial charge < -0.3 is 11.1 Å². The molecule has 0 aromatic heterocycles. The number of hydrogen-bond donors (Lipinski definition) is 3. The van der Waals surface area contributed by atoms with Crippen molar-refractivity contribution >= 4 is 11.7 Å². The van der Waals surface area contributed by atoms with Gasteiger partial charge in [-0.15, -0.1) is 0 Å². The van der Waals surface area contributed by atoms with Gasteiger partial charge in [-0.3, -0.25) is 10.2 Å². The van der Waals surface area contributed by atoms with Crippen molar-refractivity contribution in [2.45, 2.75) is 6.54 Å². The molecule has 4 nitrogen and oxygen atoms in total. The lowest BCUT2D eigenvalue weighted by Crippen LogP contribution is -2.23. The van der Waals surface area contributed by atoms with E-state index >= 15 is 0 Å². The number of benzene rings is 3. The van der Waals surface area contributed by atoms with Crippen molar-refractivity contribution in [2.24, 2.45) is 5.73 Å². The smallest absolute Gasteiger partial charge is 0.251 e. The van der Waals surface area contributed by atoms with Crippen molar-refractivity contribution in [1.82, 2.24) is 5.32 Å². The maximum Gasteiger partial charge on any atom is 0.251 e. The van der Waals surface area contributed by atoms with Gasteiger partial charge in [-0.25, -0.2) is 0 Å². The molecule has 0 saturated heterocycles. The number of hydrogen-bond acceptors (Lipinski definition) is 2. The summed E-state index contributed by atoms with van der Waals surface area (Å²) in [7, 11) is 0. The second kappa shape index (κ2) is 7.45.